The molecule has 0 saturated heterocycles. The molecular weight excluding hydrogens is 222 g/mol. The molecule has 0 fully saturated rings. The van der Waals surface area contributed by atoms with Crippen molar-refractivity contribution < 1.29 is 4.79 Å². The number of amides is 1. The van der Waals surface area contributed by atoms with E-state index < -0.39 is 0 Å². The third-order valence-corrected chi connectivity index (χ3v) is 2.20. The van der Waals surface area contributed by atoms with E-state index in [-0.39, 0.29) is 5.91 Å². The highest BCUT2D eigenvalue weighted by atomic mass is 35.5. The van der Waals surface area contributed by atoms with E-state index in [1.165, 1.54) is 6.08 Å². The van der Waals surface area contributed by atoms with Crippen molar-refractivity contribution in [2.75, 3.05) is 6.54 Å². The number of carbonyl (C=O) groups is 1. The standard InChI is InChI=1S/C13H16ClNO/c1-10(2)9-15-13(16)7-6-11-4-3-5-12(14)8-11/h3-8,10H,9H2,1-2H3,(H,15,16)/b7-6+. The van der Waals surface area contributed by atoms with Gasteiger partial charge in [0.1, 0.15) is 0 Å². The number of hydrogen-bond donors (Lipinski definition) is 1. The molecule has 1 amide bonds. The molecular formula is C13H16ClNO. The predicted molar refractivity (Wildman–Crippen MR) is 68.3 cm³/mol. The van der Waals surface area contributed by atoms with Crippen LogP contribution in [0.25, 0.3) is 6.08 Å². The van der Waals surface area contributed by atoms with Gasteiger partial charge in [0.25, 0.3) is 0 Å². The van der Waals surface area contributed by atoms with Gasteiger partial charge in [-0.25, -0.2) is 0 Å². The molecule has 1 rings (SSSR count). The highest BCUT2D eigenvalue weighted by Crippen LogP contribution is 2.11. The highest BCUT2D eigenvalue weighted by molar-refractivity contribution is 6.30. The quantitative estimate of drug-likeness (QED) is 0.801. The molecule has 16 heavy (non-hydrogen) atoms. The number of nitrogens with one attached hydrogen (secondary N) is 1. The Morgan fingerprint density at radius 1 is 1.50 bits per heavy atom. The summed E-state index contributed by atoms with van der Waals surface area (Å²) >= 11 is 5.83. The van der Waals surface area contributed by atoms with Crippen LogP contribution in [0, 0.1) is 5.92 Å². The van der Waals surface area contributed by atoms with Crippen molar-refractivity contribution in [1.29, 1.82) is 0 Å². The number of carbonyl (C=O) groups excluding carboxylic acids is 1. The van der Waals surface area contributed by atoms with Gasteiger partial charge in [0.2, 0.25) is 5.91 Å². The molecule has 0 aliphatic carbocycles. The summed E-state index contributed by atoms with van der Waals surface area (Å²) in [6.45, 7) is 4.81. The maximum absolute atomic E-state index is 11.4. The van der Waals surface area contributed by atoms with Crippen molar-refractivity contribution in [3.05, 3.63) is 40.9 Å². The van der Waals surface area contributed by atoms with Crippen LogP contribution < -0.4 is 5.32 Å². The second kappa shape index (κ2) is 6.33. The van der Waals surface area contributed by atoms with Gasteiger partial charge in [0.05, 0.1) is 0 Å². The van der Waals surface area contributed by atoms with Crippen molar-refractivity contribution >= 4 is 23.6 Å². The van der Waals surface area contributed by atoms with E-state index in [1.807, 2.05) is 18.2 Å². The van der Waals surface area contributed by atoms with Crippen molar-refractivity contribution in [1.82, 2.24) is 5.32 Å². The van der Waals surface area contributed by atoms with E-state index >= 15 is 0 Å². The Kier molecular flexibility index (Phi) is 5.06. The first-order chi connectivity index (χ1) is 7.58. The molecule has 0 saturated carbocycles. The van der Waals surface area contributed by atoms with Crippen LogP contribution in [0.15, 0.2) is 30.3 Å². The molecule has 0 aliphatic heterocycles. The van der Waals surface area contributed by atoms with Crippen LogP contribution in [0.1, 0.15) is 19.4 Å². The predicted octanol–water partition coefficient (Wildman–Crippen LogP) is 3.13. The molecule has 0 radical (unpaired) electrons. The normalized spacial score (nSPS) is 11.0. The lowest BCUT2D eigenvalue weighted by atomic mass is 10.2. The van der Waals surface area contributed by atoms with Gasteiger partial charge < -0.3 is 5.32 Å². The first kappa shape index (κ1) is 12.8. The Bertz CT molecular complexity index is 385. The minimum Gasteiger partial charge on any atom is -0.352 e. The lowest BCUT2D eigenvalue weighted by Gasteiger charge is -2.04. The Hall–Kier alpha value is -1.28. The van der Waals surface area contributed by atoms with Crippen molar-refractivity contribution in [3.63, 3.8) is 0 Å². The summed E-state index contributed by atoms with van der Waals surface area (Å²) in [5, 5.41) is 3.48. The molecule has 1 aromatic carbocycles. The number of hydrogen-bond acceptors (Lipinski definition) is 1. The Morgan fingerprint density at radius 3 is 2.88 bits per heavy atom. The maximum atomic E-state index is 11.4. The smallest absolute Gasteiger partial charge is 0.244 e. The van der Waals surface area contributed by atoms with Gasteiger partial charge in [-0.05, 0) is 29.7 Å². The van der Waals surface area contributed by atoms with E-state index in [0.717, 1.165) is 5.56 Å². The minimum absolute atomic E-state index is 0.0753. The largest absolute Gasteiger partial charge is 0.352 e. The van der Waals surface area contributed by atoms with Crippen molar-refractivity contribution in [3.8, 4) is 0 Å². The van der Waals surface area contributed by atoms with Gasteiger partial charge in [0.15, 0.2) is 0 Å². The molecule has 0 spiro atoms. The third-order valence-electron chi connectivity index (χ3n) is 1.96. The van der Waals surface area contributed by atoms with Crippen LogP contribution in [0.5, 0.6) is 0 Å². The fourth-order valence-electron chi connectivity index (χ4n) is 1.15. The van der Waals surface area contributed by atoms with Gasteiger partial charge in [-0.2, -0.15) is 0 Å². The zero-order chi connectivity index (χ0) is 12.0. The van der Waals surface area contributed by atoms with Gasteiger partial charge in [-0.15, -0.1) is 0 Å². The second-order valence-electron chi connectivity index (χ2n) is 4.03. The van der Waals surface area contributed by atoms with E-state index in [2.05, 4.69) is 19.2 Å². The Balaban J connectivity index is 2.50. The van der Waals surface area contributed by atoms with Crippen molar-refractivity contribution in [2.45, 2.75) is 13.8 Å². The maximum Gasteiger partial charge on any atom is 0.244 e. The van der Waals surface area contributed by atoms with Gasteiger partial charge in [-0.1, -0.05) is 37.6 Å². The zero-order valence-corrected chi connectivity index (χ0v) is 10.3. The molecule has 2 nitrogen and oxygen atoms in total. The molecule has 86 valence electrons. The van der Waals surface area contributed by atoms with Gasteiger partial charge >= 0.3 is 0 Å². The summed E-state index contributed by atoms with van der Waals surface area (Å²) in [5.41, 5.74) is 0.923. The van der Waals surface area contributed by atoms with Crippen LogP contribution in [0.3, 0.4) is 0 Å². The van der Waals surface area contributed by atoms with Crippen LogP contribution in [0.4, 0.5) is 0 Å². The lowest BCUT2D eigenvalue weighted by Crippen LogP contribution is -2.25. The second-order valence-corrected chi connectivity index (χ2v) is 4.46. The van der Waals surface area contributed by atoms with E-state index in [1.54, 1.807) is 12.1 Å². The van der Waals surface area contributed by atoms with Crippen LogP contribution in [0.2, 0.25) is 5.02 Å². The fraction of sp³-hybridized carbons (Fsp3) is 0.308. The Morgan fingerprint density at radius 2 is 2.25 bits per heavy atom. The molecule has 0 aromatic heterocycles. The summed E-state index contributed by atoms with van der Waals surface area (Å²) in [7, 11) is 0. The summed E-state index contributed by atoms with van der Waals surface area (Å²) in [6, 6.07) is 7.37. The van der Waals surface area contributed by atoms with Crippen LogP contribution >= 0.6 is 11.6 Å². The van der Waals surface area contributed by atoms with Crippen LogP contribution in [-0.4, -0.2) is 12.5 Å². The fourth-order valence-corrected chi connectivity index (χ4v) is 1.34. The molecule has 0 unspecified atom stereocenters. The molecule has 0 aliphatic rings. The summed E-state index contributed by atoms with van der Waals surface area (Å²) in [6.07, 6.45) is 3.27. The zero-order valence-electron chi connectivity index (χ0n) is 9.53. The molecule has 1 N–H and O–H groups in total. The SMILES string of the molecule is CC(C)CNC(=O)/C=C/c1cccc(Cl)c1. The first-order valence-electron chi connectivity index (χ1n) is 5.29. The minimum atomic E-state index is -0.0753. The number of halogens is 1. The summed E-state index contributed by atoms with van der Waals surface area (Å²) in [4.78, 5) is 11.4. The average Bonchev–Trinajstić information content (AvgIpc) is 2.23. The topological polar surface area (TPSA) is 29.1 Å². The molecule has 0 heterocycles. The monoisotopic (exact) mass is 237 g/mol. The van der Waals surface area contributed by atoms with Crippen molar-refractivity contribution in [2.24, 2.45) is 5.92 Å². The Labute approximate surface area is 101 Å². The van der Waals surface area contributed by atoms with E-state index in [0.29, 0.717) is 17.5 Å². The van der Waals surface area contributed by atoms with Gasteiger partial charge in [-0.3, -0.25) is 4.79 Å². The third kappa shape index (κ3) is 4.99. The van der Waals surface area contributed by atoms with Crippen LogP contribution in [-0.2, 0) is 4.79 Å². The summed E-state index contributed by atoms with van der Waals surface area (Å²) < 4.78 is 0. The summed E-state index contributed by atoms with van der Waals surface area (Å²) in [5.74, 6) is 0.386. The molecule has 3 heteroatoms. The average molecular weight is 238 g/mol. The molecule has 0 bridgehead atoms. The lowest BCUT2D eigenvalue weighted by molar-refractivity contribution is -0.116. The van der Waals surface area contributed by atoms with Gasteiger partial charge in [0, 0.05) is 17.6 Å². The highest BCUT2D eigenvalue weighted by Gasteiger charge is 1.97. The van der Waals surface area contributed by atoms with E-state index in [4.69, 9.17) is 11.6 Å². The molecule has 0 atom stereocenters. The first-order valence-corrected chi connectivity index (χ1v) is 5.67. The van der Waals surface area contributed by atoms with E-state index in [9.17, 15) is 4.79 Å². The number of rotatable bonds is 4. The molecule has 1 aromatic rings. The number of benzene rings is 1.